The van der Waals surface area contributed by atoms with Crippen LogP contribution in [0.4, 0.5) is 11.4 Å². The van der Waals surface area contributed by atoms with Gasteiger partial charge in [-0.25, -0.2) is 8.42 Å². The maximum absolute atomic E-state index is 12.1. The molecule has 0 amide bonds. The molecule has 1 saturated heterocycles. The van der Waals surface area contributed by atoms with Crippen LogP contribution in [0.5, 0.6) is 11.5 Å². The molecule has 2 aromatic heterocycles. The summed E-state index contributed by atoms with van der Waals surface area (Å²) in [4.78, 5) is 6.59. The lowest BCUT2D eigenvalue weighted by Crippen LogP contribution is -2.30. The Kier molecular flexibility index (Phi) is 6.96. The molecule has 1 aliphatic heterocycles. The topological polar surface area (TPSA) is 97.7 Å². The highest BCUT2D eigenvalue weighted by Gasteiger charge is 2.42. The summed E-state index contributed by atoms with van der Waals surface area (Å²) in [7, 11) is -0.415. The molecule has 196 valence electrons. The molecule has 3 heterocycles. The average molecular weight is 550 g/mol. The molecule has 0 radical (unpaired) electrons. The molecule has 5 rings (SSSR count). The first kappa shape index (κ1) is 25.6. The van der Waals surface area contributed by atoms with E-state index >= 15 is 0 Å². The van der Waals surface area contributed by atoms with Gasteiger partial charge in [0.1, 0.15) is 17.5 Å². The summed E-state index contributed by atoms with van der Waals surface area (Å²) in [6.45, 7) is 0. The standard InChI is InChI=1S/C27H27N5O4S2/c1-35-23-14-13-18(17-20(23)30-38(3,33)34)32-26(25(29-27(32)37)19-9-6-7-15-28-19)22-11-8-16-31(22)21-10-4-5-12-24(21)36-2/h4-17,25-26,30H,1-3H3,(H,29,37)/t25-,26-/m0/s1. The van der Waals surface area contributed by atoms with Gasteiger partial charge in [-0.1, -0.05) is 18.2 Å². The fraction of sp³-hybridized carbons (Fsp3) is 0.185. The van der Waals surface area contributed by atoms with Gasteiger partial charge in [0.25, 0.3) is 0 Å². The van der Waals surface area contributed by atoms with Crippen molar-refractivity contribution >= 4 is 38.7 Å². The summed E-state index contributed by atoms with van der Waals surface area (Å²) in [5, 5.41) is 3.92. The molecule has 2 aromatic carbocycles. The largest absolute Gasteiger partial charge is 0.495 e. The van der Waals surface area contributed by atoms with Crippen molar-refractivity contribution in [2.45, 2.75) is 12.1 Å². The van der Waals surface area contributed by atoms with Gasteiger partial charge in [-0.2, -0.15) is 0 Å². The quantitative estimate of drug-likeness (QED) is 0.312. The lowest BCUT2D eigenvalue weighted by molar-refractivity contribution is 0.412. The number of hydrogen-bond acceptors (Lipinski definition) is 6. The third-order valence-corrected chi connectivity index (χ3v) is 7.19. The van der Waals surface area contributed by atoms with Gasteiger partial charge in [-0.15, -0.1) is 0 Å². The zero-order valence-electron chi connectivity index (χ0n) is 21.0. The van der Waals surface area contributed by atoms with E-state index in [9.17, 15) is 8.42 Å². The number of anilines is 2. The van der Waals surface area contributed by atoms with Crippen molar-refractivity contribution in [2.24, 2.45) is 0 Å². The second-order valence-electron chi connectivity index (χ2n) is 8.73. The summed E-state index contributed by atoms with van der Waals surface area (Å²) >= 11 is 5.86. The normalized spacial score (nSPS) is 17.2. The Morgan fingerprint density at radius 3 is 2.45 bits per heavy atom. The van der Waals surface area contributed by atoms with E-state index in [0.29, 0.717) is 22.2 Å². The number of para-hydroxylation sites is 2. The Morgan fingerprint density at radius 1 is 0.974 bits per heavy atom. The van der Waals surface area contributed by atoms with Crippen molar-refractivity contribution < 1.29 is 17.9 Å². The number of nitrogens with zero attached hydrogens (tertiary/aromatic N) is 3. The average Bonchev–Trinajstić information content (AvgIpc) is 3.52. The number of pyridine rings is 1. The molecule has 9 nitrogen and oxygen atoms in total. The summed E-state index contributed by atoms with van der Waals surface area (Å²) in [6.07, 6.45) is 4.83. The fourth-order valence-electron chi connectivity index (χ4n) is 4.74. The number of rotatable bonds is 8. The Hall–Kier alpha value is -4.09. The molecule has 0 spiro atoms. The van der Waals surface area contributed by atoms with E-state index in [2.05, 4.69) is 19.6 Å². The van der Waals surface area contributed by atoms with E-state index in [1.54, 1.807) is 25.4 Å². The number of nitrogens with one attached hydrogen (secondary N) is 2. The number of thiocarbonyl (C=S) groups is 1. The van der Waals surface area contributed by atoms with Crippen molar-refractivity contribution in [3.8, 4) is 17.2 Å². The lowest BCUT2D eigenvalue weighted by atomic mass is 10.0. The third kappa shape index (κ3) is 4.90. The van der Waals surface area contributed by atoms with Crippen LogP contribution in [0.1, 0.15) is 23.5 Å². The second kappa shape index (κ2) is 10.3. The van der Waals surface area contributed by atoms with Crippen LogP contribution in [0.15, 0.2) is 85.2 Å². The first-order valence-corrected chi connectivity index (χ1v) is 14.1. The fourth-order valence-corrected chi connectivity index (χ4v) is 5.65. The number of ether oxygens (including phenoxy) is 2. The van der Waals surface area contributed by atoms with Gasteiger partial charge in [0.15, 0.2) is 5.11 Å². The Bertz CT molecular complexity index is 1570. The smallest absolute Gasteiger partial charge is 0.229 e. The van der Waals surface area contributed by atoms with Gasteiger partial charge >= 0.3 is 0 Å². The first-order valence-electron chi connectivity index (χ1n) is 11.8. The molecular formula is C27H27N5O4S2. The van der Waals surface area contributed by atoms with Crippen molar-refractivity contribution in [2.75, 3.05) is 30.1 Å². The minimum Gasteiger partial charge on any atom is -0.495 e. The Balaban J connectivity index is 1.68. The van der Waals surface area contributed by atoms with E-state index in [1.165, 1.54) is 7.11 Å². The van der Waals surface area contributed by atoms with Gasteiger partial charge in [0, 0.05) is 23.8 Å². The van der Waals surface area contributed by atoms with Crippen LogP contribution >= 0.6 is 12.2 Å². The predicted molar refractivity (Wildman–Crippen MR) is 152 cm³/mol. The maximum Gasteiger partial charge on any atom is 0.229 e. The first-order chi connectivity index (χ1) is 18.3. The number of benzene rings is 2. The van der Waals surface area contributed by atoms with Gasteiger partial charge in [-0.05, 0) is 66.8 Å². The van der Waals surface area contributed by atoms with Crippen LogP contribution in [0.2, 0.25) is 0 Å². The Labute approximate surface area is 227 Å². The lowest BCUT2D eigenvalue weighted by Gasteiger charge is -2.29. The molecule has 0 aliphatic carbocycles. The van der Waals surface area contributed by atoms with Gasteiger partial charge in [0.05, 0.1) is 43.6 Å². The maximum atomic E-state index is 12.1. The molecule has 2 atom stereocenters. The summed E-state index contributed by atoms with van der Waals surface area (Å²) < 4.78 is 39.8. The highest BCUT2D eigenvalue weighted by Crippen LogP contribution is 2.44. The molecule has 0 saturated carbocycles. The van der Waals surface area contributed by atoms with Crippen molar-refractivity contribution in [1.82, 2.24) is 14.9 Å². The number of methoxy groups -OCH3 is 2. The van der Waals surface area contributed by atoms with Gasteiger partial charge in [-0.3, -0.25) is 9.71 Å². The monoisotopic (exact) mass is 549 g/mol. The van der Waals surface area contributed by atoms with E-state index < -0.39 is 10.0 Å². The van der Waals surface area contributed by atoms with Crippen LogP contribution in [-0.2, 0) is 10.0 Å². The highest BCUT2D eigenvalue weighted by atomic mass is 32.2. The minimum atomic E-state index is -3.55. The summed E-state index contributed by atoms with van der Waals surface area (Å²) in [5.74, 6) is 1.12. The zero-order chi connectivity index (χ0) is 26.9. The molecule has 0 bridgehead atoms. The van der Waals surface area contributed by atoms with Crippen LogP contribution in [-0.4, -0.2) is 43.6 Å². The number of hydrogen-bond donors (Lipinski definition) is 2. The van der Waals surface area contributed by atoms with E-state index in [0.717, 1.165) is 29.1 Å². The van der Waals surface area contributed by atoms with Crippen molar-refractivity contribution in [3.05, 3.63) is 96.6 Å². The summed E-state index contributed by atoms with van der Waals surface area (Å²) in [5.41, 5.74) is 3.63. The molecule has 38 heavy (non-hydrogen) atoms. The number of aromatic nitrogens is 2. The number of sulfonamides is 1. The molecule has 0 unspecified atom stereocenters. The molecular weight excluding hydrogens is 522 g/mol. The molecule has 2 N–H and O–H groups in total. The van der Waals surface area contributed by atoms with Crippen LogP contribution in [0, 0.1) is 0 Å². The SMILES string of the molecule is COc1ccc(N2C(=S)N[C@@H](c3ccccn3)[C@@H]2c2cccn2-c2ccccc2OC)cc1NS(C)(=O)=O. The molecule has 4 aromatic rings. The van der Waals surface area contributed by atoms with Gasteiger partial charge in [0.2, 0.25) is 10.0 Å². The molecule has 1 fully saturated rings. The third-order valence-electron chi connectivity index (χ3n) is 6.28. The second-order valence-corrected chi connectivity index (χ2v) is 10.9. The van der Waals surface area contributed by atoms with E-state index in [4.69, 9.17) is 21.7 Å². The van der Waals surface area contributed by atoms with E-state index in [-0.39, 0.29) is 12.1 Å². The minimum absolute atomic E-state index is 0.291. The highest BCUT2D eigenvalue weighted by molar-refractivity contribution is 7.92. The van der Waals surface area contributed by atoms with Crippen LogP contribution in [0.25, 0.3) is 5.69 Å². The van der Waals surface area contributed by atoms with Crippen molar-refractivity contribution in [1.29, 1.82) is 0 Å². The van der Waals surface area contributed by atoms with Crippen molar-refractivity contribution in [3.63, 3.8) is 0 Å². The zero-order valence-corrected chi connectivity index (χ0v) is 22.7. The predicted octanol–water partition coefficient (Wildman–Crippen LogP) is 4.44. The molecule has 1 aliphatic rings. The van der Waals surface area contributed by atoms with Crippen LogP contribution in [0.3, 0.4) is 0 Å². The Morgan fingerprint density at radius 2 is 1.74 bits per heavy atom. The molecule has 11 heteroatoms. The van der Waals surface area contributed by atoms with Gasteiger partial charge < -0.3 is 24.3 Å². The van der Waals surface area contributed by atoms with E-state index in [1.807, 2.05) is 71.8 Å². The van der Waals surface area contributed by atoms with Crippen LogP contribution < -0.4 is 24.4 Å². The summed E-state index contributed by atoms with van der Waals surface area (Å²) in [6, 6.07) is 22.2.